The molecule has 1 atom stereocenters. The number of nitrogen functional groups attached to an aromatic ring is 1. The molecule has 0 heterocycles. The van der Waals surface area contributed by atoms with Crippen LogP contribution < -0.4 is 11.5 Å². The largest absolute Gasteiger partial charge is 0.508 e. The first kappa shape index (κ1) is 8.38. The van der Waals surface area contributed by atoms with Gasteiger partial charge in [-0.15, -0.1) is 0 Å². The quantitative estimate of drug-likeness (QED) is 0.473. The third kappa shape index (κ3) is 1.60. The van der Waals surface area contributed by atoms with Gasteiger partial charge in [0.2, 0.25) is 0 Å². The van der Waals surface area contributed by atoms with Crippen LogP contribution in [0.4, 0.5) is 5.69 Å². The maximum atomic E-state index is 9.28. The first-order valence-corrected chi connectivity index (χ1v) is 4.52. The lowest BCUT2D eigenvalue weighted by Crippen LogP contribution is -2.14. The fourth-order valence-corrected chi connectivity index (χ4v) is 1.56. The van der Waals surface area contributed by atoms with Crippen LogP contribution in [-0.4, -0.2) is 5.11 Å². The highest BCUT2D eigenvalue weighted by molar-refractivity contribution is 5.52. The molecular weight excluding hydrogens is 164 g/mol. The minimum absolute atomic E-state index is 0.00731. The lowest BCUT2D eigenvalue weighted by Gasteiger charge is -2.13. The van der Waals surface area contributed by atoms with Gasteiger partial charge >= 0.3 is 0 Å². The molecule has 1 fully saturated rings. The molecule has 0 saturated heterocycles. The fourth-order valence-electron chi connectivity index (χ4n) is 1.56. The van der Waals surface area contributed by atoms with E-state index in [1.54, 1.807) is 18.2 Å². The summed E-state index contributed by atoms with van der Waals surface area (Å²) in [5, 5.41) is 9.28. The van der Waals surface area contributed by atoms with Gasteiger partial charge in [-0.25, -0.2) is 0 Å². The molecule has 0 spiro atoms. The molecule has 0 radical (unpaired) electrons. The van der Waals surface area contributed by atoms with Crippen LogP contribution in [0.1, 0.15) is 24.4 Å². The van der Waals surface area contributed by atoms with Crippen LogP contribution in [0, 0.1) is 5.92 Å². The molecule has 5 N–H and O–H groups in total. The summed E-state index contributed by atoms with van der Waals surface area (Å²) in [6.45, 7) is 0. The Morgan fingerprint density at radius 1 is 1.38 bits per heavy atom. The summed E-state index contributed by atoms with van der Waals surface area (Å²) in [5.41, 5.74) is 13.3. The zero-order valence-electron chi connectivity index (χ0n) is 7.40. The van der Waals surface area contributed by atoms with Gasteiger partial charge in [0, 0.05) is 11.7 Å². The average molecular weight is 178 g/mol. The Balaban J connectivity index is 2.31. The molecule has 1 aliphatic rings. The maximum absolute atomic E-state index is 9.28. The fraction of sp³-hybridized carbons (Fsp3) is 0.400. The Labute approximate surface area is 77.4 Å². The summed E-state index contributed by atoms with van der Waals surface area (Å²) in [7, 11) is 0. The van der Waals surface area contributed by atoms with Gasteiger partial charge < -0.3 is 16.6 Å². The van der Waals surface area contributed by atoms with E-state index in [2.05, 4.69) is 0 Å². The van der Waals surface area contributed by atoms with Crippen molar-refractivity contribution in [1.82, 2.24) is 0 Å². The van der Waals surface area contributed by atoms with E-state index in [9.17, 15) is 5.11 Å². The van der Waals surface area contributed by atoms with Gasteiger partial charge in [0.25, 0.3) is 0 Å². The molecule has 2 rings (SSSR count). The van der Waals surface area contributed by atoms with Crippen molar-refractivity contribution in [2.24, 2.45) is 11.7 Å². The van der Waals surface area contributed by atoms with Crippen LogP contribution in [0.2, 0.25) is 0 Å². The standard InChI is InChI=1S/C10H14N2O/c11-9-4-3-7(13)5-8(9)10(12)6-1-2-6/h3-6,10,13H,1-2,11-12H2/t10-/m1/s1. The molecule has 70 valence electrons. The highest BCUT2D eigenvalue weighted by Gasteiger charge is 2.30. The van der Waals surface area contributed by atoms with Crippen molar-refractivity contribution in [2.45, 2.75) is 18.9 Å². The third-order valence-electron chi connectivity index (χ3n) is 2.56. The zero-order chi connectivity index (χ0) is 9.42. The first-order valence-electron chi connectivity index (χ1n) is 4.52. The van der Waals surface area contributed by atoms with E-state index in [-0.39, 0.29) is 11.8 Å². The Morgan fingerprint density at radius 3 is 2.69 bits per heavy atom. The van der Waals surface area contributed by atoms with Crippen LogP contribution in [0.15, 0.2) is 18.2 Å². The summed E-state index contributed by atoms with van der Waals surface area (Å²) in [5.74, 6) is 0.796. The number of benzene rings is 1. The molecule has 0 aliphatic heterocycles. The van der Waals surface area contributed by atoms with Crippen molar-refractivity contribution in [2.75, 3.05) is 5.73 Å². The number of phenols is 1. The second kappa shape index (κ2) is 2.92. The molecule has 3 heteroatoms. The van der Waals surface area contributed by atoms with Crippen molar-refractivity contribution in [3.05, 3.63) is 23.8 Å². The molecule has 0 unspecified atom stereocenters. The van der Waals surface area contributed by atoms with Crippen LogP contribution >= 0.6 is 0 Å². The topological polar surface area (TPSA) is 72.3 Å². The van der Waals surface area contributed by atoms with E-state index >= 15 is 0 Å². The van der Waals surface area contributed by atoms with Gasteiger partial charge in [0.1, 0.15) is 5.75 Å². The normalized spacial score (nSPS) is 18.5. The van der Waals surface area contributed by atoms with Crippen LogP contribution in [0.3, 0.4) is 0 Å². The molecule has 13 heavy (non-hydrogen) atoms. The summed E-state index contributed by atoms with van der Waals surface area (Å²) in [6, 6.07) is 4.94. The molecule has 0 aromatic heterocycles. The summed E-state index contributed by atoms with van der Waals surface area (Å²) in [6.07, 6.45) is 2.35. The number of hydrogen-bond acceptors (Lipinski definition) is 3. The Morgan fingerprint density at radius 2 is 2.08 bits per heavy atom. The molecule has 0 amide bonds. The summed E-state index contributed by atoms with van der Waals surface area (Å²) < 4.78 is 0. The molecule has 1 aromatic rings. The van der Waals surface area contributed by atoms with Crippen molar-refractivity contribution >= 4 is 5.69 Å². The maximum Gasteiger partial charge on any atom is 0.116 e. The SMILES string of the molecule is Nc1ccc(O)cc1[C@H](N)C1CC1. The van der Waals surface area contributed by atoms with Gasteiger partial charge in [-0.2, -0.15) is 0 Å². The smallest absolute Gasteiger partial charge is 0.116 e. The molecule has 3 nitrogen and oxygen atoms in total. The molecular formula is C10H14N2O. The number of phenolic OH excluding ortho intramolecular Hbond substituents is 1. The van der Waals surface area contributed by atoms with E-state index in [1.165, 1.54) is 12.8 Å². The van der Waals surface area contributed by atoms with E-state index in [4.69, 9.17) is 11.5 Å². The molecule has 1 aliphatic carbocycles. The molecule has 1 aromatic carbocycles. The Hall–Kier alpha value is -1.22. The Bertz CT molecular complexity index is 321. The second-order valence-electron chi connectivity index (χ2n) is 3.68. The predicted molar refractivity (Wildman–Crippen MR) is 52.2 cm³/mol. The van der Waals surface area contributed by atoms with Crippen molar-refractivity contribution in [1.29, 1.82) is 0 Å². The van der Waals surface area contributed by atoms with Crippen molar-refractivity contribution in [3.8, 4) is 5.75 Å². The van der Waals surface area contributed by atoms with E-state index in [1.807, 2.05) is 0 Å². The number of rotatable bonds is 2. The number of nitrogens with two attached hydrogens (primary N) is 2. The van der Waals surface area contributed by atoms with Gasteiger partial charge in [-0.3, -0.25) is 0 Å². The first-order chi connectivity index (χ1) is 6.18. The Kier molecular flexibility index (Phi) is 1.88. The summed E-state index contributed by atoms with van der Waals surface area (Å²) >= 11 is 0. The highest BCUT2D eigenvalue weighted by atomic mass is 16.3. The highest BCUT2D eigenvalue weighted by Crippen LogP contribution is 2.41. The lowest BCUT2D eigenvalue weighted by molar-refractivity contribution is 0.473. The van der Waals surface area contributed by atoms with E-state index < -0.39 is 0 Å². The lowest BCUT2D eigenvalue weighted by atomic mass is 10.0. The molecule has 0 bridgehead atoms. The van der Waals surface area contributed by atoms with Crippen LogP contribution in [-0.2, 0) is 0 Å². The van der Waals surface area contributed by atoms with Gasteiger partial charge in [0.15, 0.2) is 0 Å². The predicted octanol–water partition coefficient (Wildman–Crippen LogP) is 1.38. The second-order valence-corrected chi connectivity index (χ2v) is 3.68. The third-order valence-corrected chi connectivity index (χ3v) is 2.56. The zero-order valence-corrected chi connectivity index (χ0v) is 7.40. The van der Waals surface area contributed by atoms with Crippen molar-refractivity contribution in [3.63, 3.8) is 0 Å². The van der Waals surface area contributed by atoms with Gasteiger partial charge in [-0.1, -0.05) is 0 Å². The van der Waals surface area contributed by atoms with E-state index in [0.717, 1.165) is 5.56 Å². The molecule has 1 saturated carbocycles. The summed E-state index contributed by atoms with van der Waals surface area (Å²) in [4.78, 5) is 0. The number of aromatic hydroxyl groups is 1. The van der Waals surface area contributed by atoms with Gasteiger partial charge in [-0.05, 0) is 42.5 Å². The number of hydrogen-bond donors (Lipinski definition) is 3. The number of anilines is 1. The van der Waals surface area contributed by atoms with Crippen LogP contribution in [0.25, 0.3) is 0 Å². The van der Waals surface area contributed by atoms with E-state index in [0.29, 0.717) is 11.6 Å². The van der Waals surface area contributed by atoms with Gasteiger partial charge in [0.05, 0.1) is 0 Å². The van der Waals surface area contributed by atoms with Crippen molar-refractivity contribution < 1.29 is 5.11 Å². The minimum Gasteiger partial charge on any atom is -0.508 e. The van der Waals surface area contributed by atoms with Crippen LogP contribution in [0.5, 0.6) is 5.75 Å². The monoisotopic (exact) mass is 178 g/mol. The minimum atomic E-state index is -0.00731. The average Bonchev–Trinajstić information content (AvgIpc) is 2.91.